The summed E-state index contributed by atoms with van der Waals surface area (Å²) >= 11 is 0. The number of para-hydroxylation sites is 1. The monoisotopic (exact) mass is 580 g/mol. The summed E-state index contributed by atoms with van der Waals surface area (Å²) in [4.78, 5) is 26.1. The summed E-state index contributed by atoms with van der Waals surface area (Å²) < 4.78 is 14.5. The number of amides is 1. The van der Waals surface area contributed by atoms with Gasteiger partial charge in [0.05, 0.1) is 36.2 Å². The van der Waals surface area contributed by atoms with Crippen LogP contribution in [0.3, 0.4) is 0 Å². The minimum atomic E-state index is -0.244. The van der Waals surface area contributed by atoms with Crippen LogP contribution in [-0.4, -0.2) is 72.3 Å². The highest BCUT2D eigenvalue weighted by atomic mass is 16.5. The van der Waals surface area contributed by atoms with Crippen LogP contribution < -0.4 is 19.7 Å². The minimum absolute atomic E-state index is 0.0241. The summed E-state index contributed by atoms with van der Waals surface area (Å²) in [5.74, 6) is 2.32. The van der Waals surface area contributed by atoms with Gasteiger partial charge in [-0.2, -0.15) is 0 Å². The summed E-state index contributed by atoms with van der Waals surface area (Å²) in [5, 5.41) is 4.15. The number of rotatable bonds is 12. The second kappa shape index (κ2) is 11.7. The number of carbonyl (C=O) groups is 1. The normalized spacial score (nSPS) is 14.5. The molecule has 1 spiro atoms. The first kappa shape index (κ1) is 28.7. The van der Waals surface area contributed by atoms with E-state index in [2.05, 4.69) is 55.6 Å². The third kappa shape index (κ3) is 5.95. The Morgan fingerprint density at radius 1 is 1.19 bits per heavy atom. The van der Waals surface area contributed by atoms with Gasteiger partial charge < -0.3 is 29.2 Å². The number of likely N-dealkylation sites (N-methyl/N-ethyl adjacent to an activating group) is 2. The molecule has 1 aliphatic heterocycles. The number of anilines is 2. The van der Waals surface area contributed by atoms with Crippen molar-refractivity contribution in [3.8, 4) is 22.8 Å². The molecule has 1 N–H and O–H groups in total. The largest absolute Gasteiger partial charge is 0.496 e. The lowest BCUT2D eigenvalue weighted by Gasteiger charge is -2.26. The van der Waals surface area contributed by atoms with Crippen molar-refractivity contribution in [2.45, 2.75) is 44.2 Å². The van der Waals surface area contributed by atoms with E-state index in [4.69, 9.17) is 14.5 Å². The van der Waals surface area contributed by atoms with Crippen LogP contribution >= 0.6 is 0 Å². The van der Waals surface area contributed by atoms with Gasteiger partial charge in [-0.25, -0.2) is 9.97 Å². The molecule has 2 aromatic carbocycles. The van der Waals surface area contributed by atoms with E-state index in [1.165, 1.54) is 6.08 Å². The molecule has 0 unspecified atom stereocenters. The molecule has 224 valence electrons. The maximum Gasteiger partial charge on any atom is 0.247 e. The molecule has 0 atom stereocenters. The van der Waals surface area contributed by atoms with Crippen molar-refractivity contribution in [3.05, 3.63) is 72.8 Å². The summed E-state index contributed by atoms with van der Waals surface area (Å²) in [6.07, 6.45) is 9.87. The van der Waals surface area contributed by atoms with Gasteiger partial charge in [0.2, 0.25) is 5.91 Å². The van der Waals surface area contributed by atoms with Crippen LogP contribution in [0, 0.1) is 0 Å². The average molecular weight is 581 g/mol. The highest BCUT2D eigenvalue weighted by Crippen LogP contribution is 2.49. The van der Waals surface area contributed by atoms with Crippen LogP contribution in [0.15, 0.2) is 61.4 Å². The van der Waals surface area contributed by atoms with Crippen LogP contribution in [0.2, 0.25) is 0 Å². The van der Waals surface area contributed by atoms with Gasteiger partial charge in [0.25, 0.3) is 0 Å². The lowest BCUT2D eigenvalue weighted by atomic mass is 10.0. The van der Waals surface area contributed by atoms with Crippen molar-refractivity contribution >= 4 is 28.2 Å². The molecular weight excluding hydrogens is 540 g/mol. The van der Waals surface area contributed by atoms with Crippen LogP contribution in [0.25, 0.3) is 22.2 Å². The van der Waals surface area contributed by atoms with Gasteiger partial charge in [0.15, 0.2) is 0 Å². The lowest BCUT2D eigenvalue weighted by Crippen LogP contribution is -2.29. The molecule has 2 aliphatic rings. The van der Waals surface area contributed by atoms with Crippen molar-refractivity contribution in [1.82, 2.24) is 19.4 Å². The number of hydrogen-bond acceptors (Lipinski definition) is 7. The molecule has 9 nitrogen and oxygen atoms in total. The van der Waals surface area contributed by atoms with Crippen molar-refractivity contribution < 1.29 is 14.3 Å². The highest BCUT2D eigenvalue weighted by Gasteiger charge is 2.48. The number of nitrogens with zero attached hydrogens (tertiary/aromatic N) is 5. The number of ether oxygens (including phenoxy) is 2. The lowest BCUT2D eigenvalue weighted by molar-refractivity contribution is -0.111. The smallest absolute Gasteiger partial charge is 0.247 e. The highest BCUT2D eigenvalue weighted by molar-refractivity contribution is 6.01. The fraction of sp³-hybridized carbons (Fsp3) is 0.382. The fourth-order valence-corrected chi connectivity index (χ4v) is 5.89. The fourth-order valence-electron chi connectivity index (χ4n) is 5.89. The maximum atomic E-state index is 12.3. The van der Waals surface area contributed by atoms with Crippen LogP contribution in [0.1, 0.15) is 30.7 Å². The Bertz CT molecular complexity index is 1670. The van der Waals surface area contributed by atoms with E-state index < -0.39 is 0 Å². The van der Waals surface area contributed by atoms with Crippen LogP contribution in [-0.2, 0) is 24.2 Å². The zero-order chi connectivity index (χ0) is 30.1. The van der Waals surface area contributed by atoms with Gasteiger partial charge in [0.1, 0.15) is 22.9 Å². The predicted molar refractivity (Wildman–Crippen MR) is 171 cm³/mol. The molecule has 1 amide bonds. The molecule has 1 aliphatic carbocycles. The van der Waals surface area contributed by atoms with Gasteiger partial charge in [-0.1, -0.05) is 18.7 Å². The van der Waals surface area contributed by atoms with E-state index in [-0.39, 0.29) is 11.5 Å². The molecule has 3 heterocycles. The van der Waals surface area contributed by atoms with Crippen molar-refractivity contribution in [1.29, 1.82) is 0 Å². The first-order chi connectivity index (χ1) is 20.8. The molecular formula is C34H40N6O3. The van der Waals surface area contributed by atoms with Crippen LogP contribution in [0.4, 0.5) is 11.4 Å². The molecule has 6 rings (SSSR count). The molecule has 2 aromatic heterocycles. The summed E-state index contributed by atoms with van der Waals surface area (Å²) in [6, 6.07) is 12.3. The number of carbonyl (C=O) groups excluding carboxylic acids is 1. The van der Waals surface area contributed by atoms with Crippen molar-refractivity contribution in [3.63, 3.8) is 0 Å². The Morgan fingerprint density at radius 2 is 2.02 bits per heavy atom. The van der Waals surface area contributed by atoms with Crippen molar-refractivity contribution in [2.75, 3.05) is 51.6 Å². The average Bonchev–Trinajstić information content (AvgIpc) is 3.64. The zero-order valence-corrected chi connectivity index (χ0v) is 25.5. The third-order valence-electron chi connectivity index (χ3n) is 8.42. The summed E-state index contributed by atoms with van der Waals surface area (Å²) in [6.45, 7) is 6.19. The Labute approximate surface area is 253 Å². The van der Waals surface area contributed by atoms with Gasteiger partial charge in [0, 0.05) is 56.0 Å². The molecule has 1 saturated carbocycles. The third-order valence-corrected chi connectivity index (χ3v) is 8.42. The molecule has 0 saturated heterocycles. The van der Waals surface area contributed by atoms with Gasteiger partial charge in [-0.05, 0) is 69.6 Å². The summed E-state index contributed by atoms with van der Waals surface area (Å²) in [5.41, 5.74) is 5.82. The van der Waals surface area contributed by atoms with E-state index in [1.807, 2.05) is 45.5 Å². The van der Waals surface area contributed by atoms with E-state index in [9.17, 15) is 4.79 Å². The number of aryl methyl sites for hydroxylation is 2. The number of aromatic nitrogens is 3. The standard InChI is InChI=1S/C34H40N6O3/c1-6-32(41)37-27-19-23(30(42-5)20-28(27)39(4)18-17-38(2)3)9-7-12-31-35-16-13-26(36-31)25-21-40-22-34(14-15-34)43-29-11-8-10-24(25)33(29)40/h6,8,10-11,13,16,19-21H,1,7,9,12,14-15,17-18,22H2,2-5H3,(H,37,41). The minimum Gasteiger partial charge on any atom is -0.496 e. The molecule has 43 heavy (non-hydrogen) atoms. The molecule has 0 radical (unpaired) electrons. The van der Waals surface area contributed by atoms with E-state index in [1.54, 1.807) is 7.11 Å². The Kier molecular flexibility index (Phi) is 7.83. The maximum absolute atomic E-state index is 12.3. The second-order valence-electron chi connectivity index (χ2n) is 11.9. The molecule has 9 heteroatoms. The zero-order valence-electron chi connectivity index (χ0n) is 25.5. The number of nitrogens with one attached hydrogen (secondary N) is 1. The Balaban J connectivity index is 1.20. The SMILES string of the molecule is C=CC(=O)Nc1cc(CCCc2nccc(-c3cn4c5c(cccc35)OC3(CC3)C4)n2)c(OC)cc1N(C)CCN(C)C. The van der Waals surface area contributed by atoms with Crippen molar-refractivity contribution in [2.24, 2.45) is 0 Å². The predicted octanol–water partition coefficient (Wildman–Crippen LogP) is 5.33. The Hall–Kier alpha value is -4.37. The van der Waals surface area contributed by atoms with E-state index >= 15 is 0 Å². The quantitative estimate of drug-likeness (QED) is 0.227. The second-order valence-corrected chi connectivity index (χ2v) is 11.9. The first-order valence-electron chi connectivity index (χ1n) is 14.9. The van der Waals surface area contributed by atoms with Gasteiger partial charge in [-0.15, -0.1) is 0 Å². The van der Waals surface area contributed by atoms with Gasteiger partial charge >= 0.3 is 0 Å². The first-order valence-corrected chi connectivity index (χ1v) is 14.9. The molecule has 4 aromatic rings. The van der Waals surface area contributed by atoms with Crippen LogP contribution in [0.5, 0.6) is 11.5 Å². The van der Waals surface area contributed by atoms with E-state index in [0.29, 0.717) is 6.42 Å². The number of methoxy groups -OCH3 is 1. The van der Waals surface area contributed by atoms with E-state index in [0.717, 1.165) is 102 Å². The molecule has 0 bridgehead atoms. The Morgan fingerprint density at radius 3 is 2.77 bits per heavy atom. The number of benzene rings is 2. The topological polar surface area (TPSA) is 84.8 Å². The summed E-state index contributed by atoms with van der Waals surface area (Å²) in [7, 11) is 7.79. The molecule has 1 fully saturated rings. The van der Waals surface area contributed by atoms with Gasteiger partial charge in [-0.3, -0.25) is 4.79 Å². The number of hydrogen-bond donors (Lipinski definition) is 1.